The van der Waals surface area contributed by atoms with Gasteiger partial charge in [-0.3, -0.25) is 4.79 Å². The molecule has 0 aliphatic heterocycles. The average Bonchev–Trinajstić information content (AvgIpc) is 2.68. The molecule has 5 heteroatoms. The molecular formula is C21H18FNO3. The molecule has 1 amide bonds. The van der Waals surface area contributed by atoms with Gasteiger partial charge in [0.05, 0.1) is 5.69 Å². The molecule has 0 bridgehead atoms. The Morgan fingerprint density at radius 1 is 0.808 bits per heavy atom. The standard InChI is InChI=1S/C21H18FNO3/c22-19-11-4-5-12-20(19)23-21(24)16-7-6-10-18(15-16)26-14-13-25-17-8-2-1-3-9-17/h1-12,15H,13-14H2,(H,23,24). The van der Waals surface area contributed by atoms with Crippen LogP contribution in [0.4, 0.5) is 10.1 Å². The average molecular weight is 351 g/mol. The predicted octanol–water partition coefficient (Wildman–Crippen LogP) is 4.54. The highest BCUT2D eigenvalue weighted by Gasteiger charge is 2.09. The predicted molar refractivity (Wildman–Crippen MR) is 98.2 cm³/mol. The van der Waals surface area contributed by atoms with Crippen LogP contribution in [0.3, 0.4) is 0 Å². The first-order chi connectivity index (χ1) is 12.7. The van der Waals surface area contributed by atoms with E-state index >= 15 is 0 Å². The van der Waals surface area contributed by atoms with Gasteiger partial charge in [-0.05, 0) is 42.5 Å². The number of hydrogen-bond acceptors (Lipinski definition) is 3. The first-order valence-corrected chi connectivity index (χ1v) is 8.19. The van der Waals surface area contributed by atoms with Crippen molar-refractivity contribution in [3.05, 3.63) is 90.2 Å². The summed E-state index contributed by atoms with van der Waals surface area (Å²) < 4.78 is 24.8. The zero-order valence-corrected chi connectivity index (χ0v) is 14.0. The molecule has 0 aliphatic rings. The molecule has 132 valence electrons. The van der Waals surface area contributed by atoms with Crippen LogP contribution in [0.1, 0.15) is 10.4 Å². The lowest BCUT2D eigenvalue weighted by molar-refractivity contribution is 0.102. The summed E-state index contributed by atoms with van der Waals surface area (Å²) in [5.41, 5.74) is 0.523. The normalized spacial score (nSPS) is 10.2. The first kappa shape index (κ1) is 17.5. The fraction of sp³-hybridized carbons (Fsp3) is 0.0952. The van der Waals surface area contributed by atoms with Crippen molar-refractivity contribution in [2.24, 2.45) is 0 Å². The quantitative estimate of drug-likeness (QED) is 0.636. The van der Waals surface area contributed by atoms with E-state index in [9.17, 15) is 9.18 Å². The molecule has 3 rings (SSSR count). The summed E-state index contributed by atoms with van der Waals surface area (Å²) in [5.74, 6) is 0.435. The molecule has 0 aliphatic carbocycles. The van der Waals surface area contributed by atoms with Gasteiger partial charge in [0.2, 0.25) is 0 Å². The molecule has 1 N–H and O–H groups in total. The van der Waals surface area contributed by atoms with Crippen molar-refractivity contribution in [1.82, 2.24) is 0 Å². The van der Waals surface area contributed by atoms with E-state index in [1.165, 1.54) is 12.1 Å². The van der Waals surface area contributed by atoms with Crippen molar-refractivity contribution in [3.63, 3.8) is 0 Å². The molecule has 0 heterocycles. The maximum Gasteiger partial charge on any atom is 0.255 e. The minimum absolute atomic E-state index is 0.139. The Morgan fingerprint density at radius 2 is 1.46 bits per heavy atom. The minimum atomic E-state index is -0.480. The molecule has 0 aromatic heterocycles. The summed E-state index contributed by atoms with van der Waals surface area (Å²) >= 11 is 0. The van der Waals surface area contributed by atoms with Gasteiger partial charge in [0.1, 0.15) is 30.5 Å². The van der Waals surface area contributed by atoms with Crippen LogP contribution in [0.15, 0.2) is 78.9 Å². The highest BCUT2D eigenvalue weighted by molar-refractivity contribution is 6.04. The fourth-order valence-electron chi connectivity index (χ4n) is 2.32. The van der Waals surface area contributed by atoms with Crippen LogP contribution in [0.2, 0.25) is 0 Å². The Bertz CT molecular complexity index is 868. The van der Waals surface area contributed by atoms with E-state index in [0.717, 1.165) is 5.75 Å². The van der Waals surface area contributed by atoms with E-state index in [2.05, 4.69) is 5.32 Å². The van der Waals surface area contributed by atoms with Gasteiger partial charge in [0.25, 0.3) is 5.91 Å². The number of amides is 1. The summed E-state index contributed by atoms with van der Waals surface area (Å²) in [6.45, 7) is 0.725. The Labute approximate surface area is 151 Å². The van der Waals surface area contributed by atoms with E-state index < -0.39 is 11.7 Å². The number of ether oxygens (including phenoxy) is 2. The third-order valence-electron chi connectivity index (χ3n) is 3.58. The summed E-state index contributed by atoms with van der Waals surface area (Å²) in [5, 5.41) is 2.55. The largest absolute Gasteiger partial charge is 0.490 e. The molecule has 0 fully saturated rings. The summed E-state index contributed by atoms with van der Waals surface area (Å²) in [6, 6.07) is 22.2. The number of rotatable bonds is 7. The lowest BCUT2D eigenvalue weighted by Gasteiger charge is -2.10. The van der Waals surface area contributed by atoms with Crippen LogP contribution in [-0.2, 0) is 0 Å². The van der Waals surface area contributed by atoms with Gasteiger partial charge < -0.3 is 14.8 Å². The molecule has 0 unspecified atom stereocenters. The molecule has 0 radical (unpaired) electrons. The van der Waals surface area contributed by atoms with Crippen LogP contribution in [0.25, 0.3) is 0 Å². The molecule has 0 atom stereocenters. The lowest BCUT2D eigenvalue weighted by atomic mass is 10.2. The Morgan fingerprint density at radius 3 is 2.23 bits per heavy atom. The van der Waals surface area contributed by atoms with E-state index in [1.54, 1.807) is 36.4 Å². The van der Waals surface area contributed by atoms with Gasteiger partial charge in [-0.1, -0.05) is 36.4 Å². The second-order valence-electron chi connectivity index (χ2n) is 5.47. The van der Waals surface area contributed by atoms with Gasteiger partial charge in [-0.2, -0.15) is 0 Å². The molecular weight excluding hydrogens is 333 g/mol. The van der Waals surface area contributed by atoms with Crippen molar-refractivity contribution >= 4 is 11.6 Å². The van der Waals surface area contributed by atoms with Gasteiger partial charge >= 0.3 is 0 Å². The molecule has 0 saturated heterocycles. The Balaban J connectivity index is 1.54. The molecule has 26 heavy (non-hydrogen) atoms. The maximum atomic E-state index is 13.6. The number of benzene rings is 3. The van der Waals surface area contributed by atoms with Crippen LogP contribution < -0.4 is 14.8 Å². The fourth-order valence-corrected chi connectivity index (χ4v) is 2.32. The smallest absolute Gasteiger partial charge is 0.255 e. The van der Waals surface area contributed by atoms with Crippen LogP contribution >= 0.6 is 0 Å². The van der Waals surface area contributed by atoms with Crippen molar-refractivity contribution in [1.29, 1.82) is 0 Å². The highest BCUT2D eigenvalue weighted by atomic mass is 19.1. The number of para-hydroxylation sites is 2. The van der Waals surface area contributed by atoms with E-state index in [4.69, 9.17) is 9.47 Å². The summed E-state index contributed by atoms with van der Waals surface area (Å²) in [7, 11) is 0. The monoisotopic (exact) mass is 351 g/mol. The number of halogens is 1. The third kappa shape index (κ3) is 4.83. The minimum Gasteiger partial charge on any atom is -0.490 e. The molecule has 3 aromatic carbocycles. The molecule has 0 spiro atoms. The first-order valence-electron chi connectivity index (χ1n) is 8.19. The van der Waals surface area contributed by atoms with E-state index in [-0.39, 0.29) is 5.69 Å². The molecule has 0 saturated carbocycles. The number of hydrogen-bond donors (Lipinski definition) is 1. The van der Waals surface area contributed by atoms with E-state index in [0.29, 0.717) is 24.5 Å². The van der Waals surface area contributed by atoms with Gasteiger partial charge in [-0.15, -0.1) is 0 Å². The number of carbonyl (C=O) groups excluding carboxylic acids is 1. The van der Waals surface area contributed by atoms with Crippen molar-refractivity contribution in [3.8, 4) is 11.5 Å². The highest BCUT2D eigenvalue weighted by Crippen LogP contribution is 2.17. The van der Waals surface area contributed by atoms with Crippen LogP contribution in [0, 0.1) is 5.82 Å². The number of carbonyl (C=O) groups is 1. The van der Waals surface area contributed by atoms with E-state index in [1.807, 2.05) is 30.3 Å². The Kier molecular flexibility index (Phi) is 5.83. The third-order valence-corrected chi connectivity index (χ3v) is 3.58. The zero-order valence-electron chi connectivity index (χ0n) is 14.0. The van der Waals surface area contributed by atoms with Gasteiger partial charge in [-0.25, -0.2) is 4.39 Å². The summed E-state index contributed by atoms with van der Waals surface area (Å²) in [4.78, 5) is 12.3. The Hall–Kier alpha value is -3.34. The molecule has 3 aromatic rings. The second-order valence-corrected chi connectivity index (χ2v) is 5.47. The maximum absolute atomic E-state index is 13.6. The number of nitrogens with one attached hydrogen (secondary N) is 1. The second kappa shape index (κ2) is 8.67. The zero-order chi connectivity index (χ0) is 18.2. The SMILES string of the molecule is O=C(Nc1ccccc1F)c1cccc(OCCOc2ccccc2)c1. The van der Waals surface area contributed by atoms with Crippen molar-refractivity contribution in [2.45, 2.75) is 0 Å². The number of anilines is 1. The van der Waals surface area contributed by atoms with Crippen molar-refractivity contribution in [2.75, 3.05) is 18.5 Å². The van der Waals surface area contributed by atoms with Gasteiger partial charge in [0, 0.05) is 5.56 Å². The summed E-state index contributed by atoms with van der Waals surface area (Å²) in [6.07, 6.45) is 0. The van der Waals surface area contributed by atoms with Gasteiger partial charge in [0.15, 0.2) is 0 Å². The lowest BCUT2D eigenvalue weighted by Crippen LogP contribution is -2.13. The topological polar surface area (TPSA) is 47.6 Å². The molecule has 4 nitrogen and oxygen atoms in total. The van der Waals surface area contributed by atoms with Crippen LogP contribution in [-0.4, -0.2) is 19.1 Å². The van der Waals surface area contributed by atoms with Crippen LogP contribution in [0.5, 0.6) is 11.5 Å². The van der Waals surface area contributed by atoms with Crippen molar-refractivity contribution < 1.29 is 18.7 Å².